The van der Waals surface area contributed by atoms with E-state index >= 15 is 0 Å². The first kappa shape index (κ1) is 18.5. The number of hydrogen-bond donors (Lipinski definition) is 1. The van der Waals surface area contributed by atoms with Crippen molar-refractivity contribution in [1.82, 2.24) is 10.2 Å². The van der Waals surface area contributed by atoms with Crippen LogP contribution in [0.25, 0.3) is 0 Å². The second-order valence-corrected chi connectivity index (χ2v) is 6.93. The Morgan fingerprint density at radius 1 is 1.08 bits per heavy atom. The number of nitrogens with zero attached hydrogens (tertiary/aromatic N) is 1. The highest BCUT2D eigenvalue weighted by Crippen LogP contribution is 2.17. The molecule has 0 saturated heterocycles. The van der Waals surface area contributed by atoms with Crippen molar-refractivity contribution in [3.05, 3.63) is 35.4 Å². The molecule has 0 atom stereocenters. The molecule has 1 N–H and O–H groups in total. The third kappa shape index (κ3) is 6.34. The first-order chi connectivity index (χ1) is 11.5. The summed E-state index contributed by atoms with van der Waals surface area (Å²) in [6.45, 7) is 4.65. The lowest BCUT2D eigenvalue weighted by molar-refractivity contribution is -0.130. The molecule has 0 heterocycles. The van der Waals surface area contributed by atoms with Crippen molar-refractivity contribution in [2.24, 2.45) is 0 Å². The van der Waals surface area contributed by atoms with Crippen LogP contribution in [0.15, 0.2) is 24.3 Å². The number of amides is 2. The van der Waals surface area contributed by atoms with Crippen LogP contribution in [0, 0.1) is 6.92 Å². The van der Waals surface area contributed by atoms with Gasteiger partial charge in [0.25, 0.3) is 0 Å². The maximum Gasteiger partial charge on any atom is 0.221 e. The molecule has 24 heavy (non-hydrogen) atoms. The molecule has 1 aliphatic rings. The molecule has 1 aliphatic carbocycles. The highest BCUT2D eigenvalue weighted by atomic mass is 16.2. The number of carbonyl (C=O) groups is 2. The average molecular weight is 330 g/mol. The number of nitrogens with one attached hydrogen (secondary N) is 1. The molecule has 4 nitrogen and oxygen atoms in total. The standard InChI is InChI=1S/C20H30N2O2/c1-16-9-11-18(12-10-16)15-22(17(2)23)14-13-20(24)21-19-7-5-3-4-6-8-19/h9-12,19H,3-8,13-15H2,1-2H3,(H,21,24). The topological polar surface area (TPSA) is 49.4 Å². The molecule has 1 saturated carbocycles. The van der Waals surface area contributed by atoms with Crippen LogP contribution >= 0.6 is 0 Å². The van der Waals surface area contributed by atoms with E-state index in [0.717, 1.165) is 18.4 Å². The molecule has 0 radical (unpaired) electrons. The summed E-state index contributed by atoms with van der Waals surface area (Å²) < 4.78 is 0. The highest BCUT2D eigenvalue weighted by Gasteiger charge is 2.16. The zero-order chi connectivity index (χ0) is 17.4. The van der Waals surface area contributed by atoms with Crippen molar-refractivity contribution < 1.29 is 9.59 Å². The van der Waals surface area contributed by atoms with Crippen molar-refractivity contribution >= 4 is 11.8 Å². The first-order valence-electron chi connectivity index (χ1n) is 9.15. The van der Waals surface area contributed by atoms with Crippen LogP contribution in [-0.2, 0) is 16.1 Å². The number of benzene rings is 1. The summed E-state index contributed by atoms with van der Waals surface area (Å²) in [6.07, 6.45) is 7.52. The predicted octanol–water partition coefficient (Wildman–Crippen LogP) is 3.57. The minimum absolute atomic E-state index is 0.0119. The van der Waals surface area contributed by atoms with Gasteiger partial charge in [0.05, 0.1) is 0 Å². The quantitative estimate of drug-likeness (QED) is 0.811. The van der Waals surface area contributed by atoms with E-state index in [1.54, 1.807) is 11.8 Å². The van der Waals surface area contributed by atoms with Crippen LogP contribution in [0.2, 0.25) is 0 Å². The SMILES string of the molecule is CC(=O)N(CCC(=O)NC1CCCCCC1)Cc1ccc(C)cc1. The van der Waals surface area contributed by atoms with E-state index in [1.165, 1.54) is 31.2 Å². The van der Waals surface area contributed by atoms with Crippen LogP contribution < -0.4 is 5.32 Å². The maximum absolute atomic E-state index is 12.2. The van der Waals surface area contributed by atoms with Gasteiger partial charge in [-0.05, 0) is 25.3 Å². The summed E-state index contributed by atoms with van der Waals surface area (Å²) in [6, 6.07) is 8.50. The molecule has 0 spiro atoms. The van der Waals surface area contributed by atoms with Gasteiger partial charge in [-0.3, -0.25) is 9.59 Å². The van der Waals surface area contributed by atoms with Crippen LogP contribution in [0.4, 0.5) is 0 Å². The van der Waals surface area contributed by atoms with Crippen molar-refractivity contribution in [2.75, 3.05) is 6.54 Å². The summed E-state index contributed by atoms with van der Waals surface area (Å²) >= 11 is 0. The molecule has 0 bridgehead atoms. The van der Waals surface area contributed by atoms with Gasteiger partial charge in [0.2, 0.25) is 11.8 Å². The van der Waals surface area contributed by atoms with Gasteiger partial charge in [-0.1, -0.05) is 55.5 Å². The van der Waals surface area contributed by atoms with Gasteiger partial charge in [0.1, 0.15) is 0 Å². The second kappa shape index (κ2) is 9.45. The normalized spacial score (nSPS) is 15.6. The predicted molar refractivity (Wildman–Crippen MR) is 96.5 cm³/mol. The molecule has 0 unspecified atom stereocenters. The number of hydrogen-bond acceptors (Lipinski definition) is 2. The van der Waals surface area contributed by atoms with Crippen LogP contribution in [0.5, 0.6) is 0 Å². The lowest BCUT2D eigenvalue weighted by Gasteiger charge is -2.22. The maximum atomic E-state index is 12.2. The van der Waals surface area contributed by atoms with E-state index in [9.17, 15) is 9.59 Å². The summed E-state index contributed by atoms with van der Waals surface area (Å²) in [5.74, 6) is 0.0786. The second-order valence-electron chi connectivity index (χ2n) is 6.93. The Labute approximate surface area is 145 Å². The monoisotopic (exact) mass is 330 g/mol. The third-order valence-corrected chi connectivity index (χ3v) is 4.77. The molecular weight excluding hydrogens is 300 g/mol. The molecule has 4 heteroatoms. The van der Waals surface area contributed by atoms with Crippen molar-refractivity contribution in [2.45, 2.75) is 71.4 Å². The minimum atomic E-state index is 0.0119. The van der Waals surface area contributed by atoms with Gasteiger partial charge in [0, 0.05) is 32.5 Å². The fraction of sp³-hybridized carbons (Fsp3) is 0.600. The van der Waals surface area contributed by atoms with Gasteiger partial charge < -0.3 is 10.2 Å². The Kier molecular flexibility index (Phi) is 7.29. The van der Waals surface area contributed by atoms with E-state index in [0.29, 0.717) is 25.6 Å². The Hall–Kier alpha value is -1.84. The Morgan fingerprint density at radius 3 is 2.29 bits per heavy atom. The molecule has 0 aromatic heterocycles. The lowest BCUT2D eigenvalue weighted by Crippen LogP contribution is -2.37. The zero-order valence-corrected chi connectivity index (χ0v) is 15.0. The smallest absolute Gasteiger partial charge is 0.221 e. The Morgan fingerprint density at radius 2 is 1.71 bits per heavy atom. The van der Waals surface area contributed by atoms with Crippen LogP contribution in [0.1, 0.15) is 63.0 Å². The number of carbonyl (C=O) groups excluding carboxylic acids is 2. The number of rotatable bonds is 6. The van der Waals surface area contributed by atoms with Gasteiger partial charge in [-0.2, -0.15) is 0 Å². The summed E-state index contributed by atoms with van der Waals surface area (Å²) in [5, 5.41) is 3.15. The first-order valence-corrected chi connectivity index (χ1v) is 9.15. The molecule has 1 aromatic carbocycles. The van der Waals surface area contributed by atoms with E-state index in [-0.39, 0.29) is 11.8 Å². The van der Waals surface area contributed by atoms with Gasteiger partial charge in [-0.25, -0.2) is 0 Å². The third-order valence-electron chi connectivity index (χ3n) is 4.77. The van der Waals surface area contributed by atoms with Crippen molar-refractivity contribution in [3.63, 3.8) is 0 Å². The molecule has 2 amide bonds. The molecule has 2 rings (SSSR count). The summed E-state index contributed by atoms with van der Waals surface area (Å²) in [4.78, 5) is 25.8. The van der Waals surface area contributed by atoms with E-state index < -0.39 is 0 Å². The fourth-order valence-corrected chi connectivity index (χ4v) is 3.22. The lowest BCUT2D eigenvalue weighted by atomic mass is 10.1. The molecule has 132 valence electrons. The average Bonchev–Trinajstić information content (AvgIpc) is 2.81. The summed E-state index contributed by atoms with van der Waals surface area (Å²) in [5.41, 5.74) is 2.30. The number of aryl methyl sites for hydroxylation is 1. The molecule has 1 aromatic rings. The largest absolute Gasteiger partial charge is 0.353 e. The molecule has 0 aliphatic heterocycles. The van der Waals surface area contributed by atoms with Gasteiger partial charge >= 0.3 is 0 Å². The molecule has 1 fully saturated rings. The van der Waals surface area contributed by atoms with Gasteiger partial charge in [-0.15, -0.1) is 0 Å². The van der Waals surface area contributed by atoms with Gasteiger partial charge in [0.15, 0.2) is 0 Å². The van der Waals surface area contributed by atoms with Crippen molar-refractivity contribution in [3.8, 4) is 0 Å². The summed E-state index contributed by atoms with van der Waals surface area (Å²) in [7, 11) is 0. The zero-order valence-electron chi connectivity index (χ0n) is 15.0. The van der Waals surface area contributed by atoms with Crippen molar-refractivity contribution in [1.29, 1.82) is 0 Å². The Balaban J connectivity index is 1.80. The van der Waals surface area contributed by atoms with Crippen LogP contribution in [0.3, 0.4) is 0 Å². The fourth-order valence-electron chi connectivity index (χ4n) is 3.22. The van der Waals surface area contributed by atoms with E-state index in [4.69, 9.17) is 0 Å². The molecular formula is C20H30N2O2. The Bertz CT molecular complexity index is 531. The van der Waals surface area contributed by atoms with Crippen LogP contribution in [-0.4, -0.2) is 29.3 Å². The minimum Gasteiger partial charge on any atom is -0.353 e. The highest BCUT2D eigenvalue weighted by molar-refractivity contribution is 5.78. The van der Waals surface area contributed by atoms with E-state index in [2.05, 4.69) is 5.32 Å². The van der Waals surface area contributed by atoms with E-state index in [1.807, 2.05) is 31.2 Å².